The maximum atomic E-state index is 12.9. The smallest absolute Gasteiger partial charge is 0.246 e. The van der Waals surface area contributed by atoms with E-state index < -0.39 is 10.0 Å². The molecule has 0 radical (unpaired) electrons. The molecule has 1 fully saturated rings. The maximum Gasteiger partial charge on any atom is 0.246 e. The molecular weight excluding hydrogens is 378 g/mol. The Hall–Kier alpha value is -2.85. The van der Waals surface area contributed by atoms with E-state index in [0.717, 1.165) is 29.4 Å². The Kier molecular flexibility index (Phi) is 3.91. The Labute approximate surface area is 161 Å². The van der Waals surface area contributed by atoms with Gasteiger partial charge in [0.2, 0.25) is 10.0 Å². The molecule has 0 unspecified atom stereocenters. The van der Waals surface area contributed by atoms with Crippen LogP contribution in [0.5, 0.6) is 0 Å². The first-order valence-electron chi connectivity index (χ1n) is 9.11. The number of para-hydroxylation sites is 1. The van der Waals surface area contributed by atoms with Crippen molar-refractivity contribution in [1.82, 2.24) is 33.7 Å². The number of fused-ring (bicyclic) bond motifs is 3. The molecule has 0 aliphatic carbocycles. The first-order valence-corrected chi connectivity index (χ1v) is 10.6. The zero-order valence-corrected chi connectivity index (χ0v) is 16.1. The summed E-state index contributed by atoms with van der Waals surface area (Å²) in [6.45, 7) is 0.852. The molecule has 5 rings (SSSR count). The zero-order chi connectivity index (χ0) is 19.3. The van der Waals surface area contributed by atoms with Gasteiger partial charge < -0.3 is 0 Å². The predicted molar refractivity (Wildman–Crippen MR) is 102 cm³/mol. The van der Waals surface area contributed by atoms with Gasteiger partial charge in [-0.25, -0.2) is 22.9 Å². The summed E-state index contributed by atoms with van der Waals surface area (Å²) in [5, 5.41) is 9.50. The molecule has 28 heavy (non-hydrogen) atoms. The van der Waals surface area contributed by atoms with E-state index in [1.54, 1.807) is 17.9 Å². The van der Waals surface area contributed by atoms with Crippen LogP contribution in [-0.4, -0.2) is 55.2 Å². The summed E-state index contributed by atoms with van der Waals surface area (Å²) in [6.07, 6.45) is 6.18. The van der Waals surface area contributed by atoms with Gasteiger partial charge >= 0.3 is 0 Å². The van der Waals surface area contributed by atoms with E-state index in [-0.39, 0.29) is 10.8 Å². The number of hydrogen-bond acceptors (Lipinski definition) is 6. The van der Waals surface area contributed by atoms with Crippen molar-refractivity contribution in [3.05, 3.63) is 48.8 Å². The monoisotopic (exact) mass is 397 g/mol. The lowest BCUT2D eigenvalue weighted by Gasteiger charge is -2.30. The SMILES string of the molecule is Cn1cc(S(=O)(=O)N2CCC[C@@H](c3nc4c5ccccc5ncn4n3)C2)cn1. The highest BCUT2D eigenvalue weighted by Gasteiger charge is 2.33. The van der Waals surface area contributed by atoms with Gasteiger partial charge in [0, 0.05) is 37.6 Å². The molecule has 1 aromatic carbocycles. The molecule has 9 nitrogen and oxygen atoms in total. The van der Waals surface area contributed by atoms with Crippen molar-refractivity contribution in [3.8, 4) is 0 Å². The van der Waals surface area contributed by atoms with Crippen LogP contribution in [0.15, 0.2) is 47.9 Å². The molecule has 4 aromatic rings. The summed E-state index contributed by atoms with van der Waals surface area (Å²) < 4.78 is 30.6. The molecule has 3 aromatic heterocycles. The van der Waals surface area contributed by atoms with E-state index >= 15 is 0 Å². The number of hydrogen-bond donors (Lipinski definition) is 0. The minimum absolute atomic E-state index is 0.0566. The Balaban J connectivity index is 1.49. The number of aromatic nitrogens is 6. The Morgan fingerprint density at radius 3 is 2.89 bits per heavy atom. The van der Waals surface area contributed by atoms with E-state index in [2.05, 4.69) is 15.2 Å². The first-order chi connectivity index (χ1) is 13.5. The number of sulfonamides is 1. The molecule has 1 aliphatic heterocycles. The summed E-state index contributed by atoms with van der Waals surface area (Å²) in [5.41, 5.74) is 1.60. The minimum atomic E-state index is -3.57. The van der Waals surface area contributed by atoms with E-state index in [4.69, 9.17) is 4.98 Å². The van der Waals surface area contributed by atoms with Gasteiger partial charge in [-0.05, 0) is 25.0 Å². The van der Waals surface area contributed by atoms with Gasteiger partial charge in [0.05, 0.1) is 11.7 Å². The highest BCUT2D eigenvalue weighted by atomic mass is 32.2. The van der Waals surface area contributed by atoms with Crippen molar-refractivity contribution < 1.29 is 8.42 Å². The lowest BCUT2D eigenvalue weighted by atomic mass is 9.99. The molecular formula is C18H19N7O2S. The van der Waals surface area contributed by atoms with Crippen LogP contribution < -0.4 is 0 Å². The molecule has 144 valence electrons. The average Bonchev–Trinajstić information content (AvgIpc) is 3.35. The number of aryl methyl sites for hydroxylation is 1. The van der Waals surface area contributed by atoms with E-state index in [1.807, 2.05) is 24.3 Å². The third kappa shape index (κ3) is 2.76. The number of benzene rings is 1. The van der Waals surface area contributed by atoms with Crippen LogP contribution in [0.2, 0.25) is 0 Å². The third-order valence-electron chi connectivity index (χ3n) is 5.17. The van der Waals surface area contributed by atoms with Crippen molar-refractivity contribution in [3.63, 3.8) is 0 Å². The van der Waals surface area contributed by atoms with Gasteiger partial charge in [-0.1, -0.05) is 12.1 Å². The zero-order valence-electron chi connectivity index (χ0n) is 15.3. The van der Waals surface area contributed by atoms with Crippen molar-refractivity contribution in [2.75, 3.05) is 13.1 Å². The standard InChI is InChI=1S/C18H19N7O2S/c1-23-11-14(9-20-23)28(26,27)24-8-4-5-13(10-24)17-21-18-15-6-2-3-7-16(15)19-12-25(18)22-17/h2-3,6-7,9,11-13H,4-5,8,10H2,1H3/t13-/m1/s1. The fourth-order valence-corrected chi connectivity index (χ4v) is 5.23. The van der Waals surface area contributed by atoms with Crippen LogP contribution in [0.1, 0.15) is 24.6 Å². The molecule has 0 amide bonds. The maximum absolute atomic E-state index is 12.9. The van der Waals surface area contributed by atoms with Crippen LogP contribution in [0.3, 0.4) is 0 Å². The Morgan fingerprint density at radius 1 is 1.21 bits per heavy atom. The van der Waals surface area contributed by atoms with Gasteiger partial charge in [0.15, 0.2) is 11.5 Å². The molecule has 0 spiro atoms. The first kappa shape index (κ1) is 17.3. The van der Waals surface area contributed by atoms with Gasteiger partial charge in [0.25, 0.3) is 0 Å². The summed E-state index contributed by atoms with van der Waals surface area (Å²) in [6, 6.07) is 7.79. The van der Waals surface area contributed by atoms with Crippen molar-refractivity contribution in [2.45, 2.75) is 23.7 Å². The summed E-state index contributed by atoms with van der Waals surface area (Å²) in [5.74, 6) is 0.600. The fourth-order valence-electron chi connectivity index (χ4n) is 3.72. The average molecular weight is 397 g/mol. The van der Waals surface area contributed by atoms with Gasteiger partial charge in [0.1, 0.15) is 11.2 Å². The van der Waals surface area contributed by atoms with Gasteiger partial charge in [-0.3, -0.25) is 4.68 Å². The van der Waals surface area contributed by atoms with Crippen LogP contribution >= 0.6 is 0 Å². The van der Waals surface area contributed by atoms with E-state index in [9.17, 15) is 8.42 Å². The molecule has 1 saturated heterocycles. The highest BCUT2D eigenvalue weighted by molar-refractivity contribution is 7.89. The largest absolute Gasteiger partial charge is 0.274 e. The molecule has 0 N–H and O–H groups in total. The minimum Gasteiger partial charge on any atom is -0.274 e. The van der Waals surface area contributed by atoms with Crippen LogP contribution in [0.4, 0.5) is 0 Å². The summed E-state index contributed by atoms with van der Waals surface area (Å²) in [4.78, 5) is 9.36. The predicted octanol–water partition coefficient (Wildman–Crippen LogP) is 1.58. The Bertz CT molecular complexity index is 1280. The van der Waals surface area contributed by atoms with Crippen LogP contribution in [0.25, 0.3) is 16.6 Å². The van der Waals surface area contributed by atoms with Crippen LogP contribution in [-0.2, 0) is 17.1 Å². The van der Waals surface area contributed by atoms with Gasteiger partial charge in [-0.2, -0.15) is 9.40 Å². The fraction of sp³-hybridized carbons (Fsp3) is 0.333. The van der Waals surface area contributed by atoms with Crippen LogP contribution in [0, 0.1) is 0 Å². The molecule has 0 bridgehead atoms. The topological polar surface area (TPSA) is 98.3 Å². The number of rotatable bonds is 3. The lowest BCUT2D eigenvalue weighted by molar-refractivity contribution is 0.309. The van der Waals surface area contributed by atoms with Gasteiger partial charge in [-0.15, -0.1) is 5.10 Å². The third-order valence-corrected chi connectivity index (χ3v) is 6.99. The summed E-state index contributed by atoms with van der Waals surface area (Å²) >= 11 is 0. The molecule has 1 aliphatic rings. The van der Waals surface area contributed by atoms with Crippen molar-refractivity contribution in [1.29, 1.82) is 0 Å². The Morgan fingerprint density at radius 2 is 2.07 bits per heavy atom. The van der Waals surface area contributed by atoms with Crippen molar-refractivity contribution >= 4 is 26.6 Å². The van der Waals surface area contributed by atoms with E-state index in [1.165, 1.54) is 21.4 Å². The summed E-state index contributed by atoms with van der Waals surface area (Å²) in [7, 11) is -1.87. The molecule has 0 saturated carbocycles. The second kappa shape index (κ2) is 6.35. The molecule has 1 atom stereocenters. The highest BCUT2D eigenvalue weighted by Crippen LogP contribution is 2.29. The molecule has 4 heterocycles. The molecule has 10 heteroatoms. The van der Waals surface area contributed by atoms with E-state index in [0.29, 0.717) is 18.9 Å². The second-order valence-electron chi connectivity index (χ2n) is 7.05. The van der Waals surface area contributed by atoms with Crippen molar-refractivity contribution in [2.24, 2.45) is 7.05 Å². The quantitative estimate of drug-likeness (QED) is 0.521. The normalized spacial score (nSPS) is 18.8. The second-order valence-corrected chi connectivity index (χ2v) is 8.99. The lowest BCUT2D eigenvalue weighted by Crippen LogP contribution is -2.39. The number of nitrogens with zero attached hydrogens (tertiary/aromatic N) is 7. The number of piperidine rings is 1.